The molecule has 0 amide bonds. The van der Waals surface area contributed by atoms with Crippen molar-refractivity contribution in [3.05, 3.63) is 121 Å². The summed E-state index contributed by atoms with van der Waals surface area (Å²) < 4.78 is 40.9. The second-order valence-electron chi connectivity index (χ2n) is 8.85. The van der Waals surface area contributed by atoms with Gasteiger partial charge in [0.1, 0.15) is 0 Å². The molecule has 2 unspecified atom stereocenters. The molecule has 0 saturated carbocycles. The average molecular weight is 519 g/mol. The first-order valence-electron chi connectivity index (χ1n) is 12.2. The van der Waals surface area contributed by atoms with E-state index in [1.165, 1.54) is 0 Å². The van der Waals surface area contributed by atoms with E-state index in [0.29, 0.717) is 34.1 Å². The number of benzene rings is 4. The predicted octanol–water partition coefficient (Wildman–Crippen LogP) is 6.44. The second kappa shape index (κ2) is 12.0. The van der Waals surface area contributed by atoms with E-state index in [1.807, 2.05) is 135 Å². The van der Waals surface area contributed by atoms with E-state index in [0.717, 1.165) is 0 Å². The Morgan fingerprint density at radius 1 is 0.472 bits per heavy atom. The fraction of sp³-hybridized carbons (Fsp3) is 0.200. The highest BCUT2D eigenvalue weighted by Crippen LogP contribution is 2.48. The lowest BCUT2D eigenvalue weighted by molar-refractivity contribution is 0.170. The second-order valence-corrected chi connectivity index (χ2v) is 13.5. The van der Waals surface area contributed by atoms with Gasteiger partial charge in [0.2, 0.25) is 0 Å². The van der Waals surface area contributed by atoms with Gasteiger partial charge in [-0.15, -0.1) is 0 Å². The predicted molar refractivity (Wildman–Crippen MR) is 150 cm³/mol. The van der Waals surface area contributed by atoms with E-state index in [2.05, 4.69) is 0 Å². The summed E-state index contributed by atoms with van der Waals surface area (Å²) in [6.07, 6.45) is 0.619. The van der Waals surface area contributed by atoms with E-state index in [4.69, 9.17) is 9.05 Å². The van der Waals surface area contributed by atoms with Crippen LogP contribution in [0.25, 0.3) is 0 Å². The Kier molecular flexibility index (Phi) is 8.77. The molecular formula is C30H32O4P2. The molecule has 0 spiro atoms. The van der Waals surface area contributed by atoms with Crippen LogP contribution in [0.15, 0.2) is 121 Å². The molecule has 0 aromatic heterocycles. The van der Waals surface area contributed by atoms with Crippen LogP contribution in [0.4, 0.5) is 0 Å². The summed E-state index contributed by atoms with van der Waals surface area (Å²) in [5.41, 5.74) is 0. The third kappa shape index (κ3) is 6.14. The quantitative estimate of drug-likeness (QED) is 0.215. The summed E-state index contributed by atoms with van der Waals surface area (Å²) in [4.78, 5) is 0. The van der Waals surface area contributed by atoms with Gasteiger partial charge in [-0.1, -0.05) is 72.8 Å². The molecule has 6 heteroatoms. The van der Waals surface area contributed by atoms with Crippen molar-refractivity contribution >= 4 is 36.0 Å². The average Bonchev–Trinajstić information content (AvgIpc) is 2.94. The summed E-state index contributed by atoms with van der Waals surface area (Å²) >= 11 is 0. The van der Waals surface area contributed by atoms with Crippen molar-refractivity contribution in [2.45, 2.75) is 38.9 Å². The molecule has 0 heterocycles. The number of hydrogen-bond acceptors (Lipinski definition) is 4. The normalized spacial score (nSPS) is 13.7. The molecule has 0 N–H and O–H groups in total. The van der Waals surface area contributed by atoms with Crippen LogP contribution in [0.5, 0.6) is 0 Å². The fourth-order valence-corrected chi connectivity index (χ4v) is 8.69. The first-order chi connectivity index (χ1) is 17.4. The maximum atomic E-state index is 14.2. The number of hydrogen-bond donors (Lipinski definition) is 0. The van der Waals surface area contributed by atoms with Gasteiger partial charge in [0, 0.05) is 21.2 Å². The molecule has 4 nitrogen and oxygen atoms in total. The molecule has 0 saturated heterocycles. The summed E-state index contributed by atoms with van der Waals surface area (Å²) in [5, 5.41) is 2.69. The van der Waals surface area contributed by atoms with Gasteiger partial charge in [-0.3, -0.25) is 9.13 Å². The molecule has 0 fully saturated rings. The lowest BCUT2D eigenvalue weighted by atomic mass is 10.1. The zero-order valence-electron chi connectivity index (χ0n) is 20.6. The molecule has 36 heavy (non-hydrogen) atoms. The first-order valence-corrected chi connectivity index (χ1v) is 15.5. The van der Waals surface area contributed by atoms with Crippen LogP contribution < -0.4 is 21.2 Å². The molecule has 0 aliphatic rings. The van der Waals surface area contributed by atoms with Crippen molar-refractivity contribution in [3.63, 3.8) is 0 Å². The molecule has 4 aromatic rings. The highest BCUT2D eigenvalue weighted by atomic mass is 31.2. The molecule has 0 aliphatic carbocycles. The van der Waals surface area contributed by atoms with Crippen LogP contribution in [0.1, 0.15) is 26.7 Å². The number of rotatable bonds is 11. The van der Waals surface area contributed by atoms with Crippen molar-refractivity contribution in [1.29, 1.82) is 0 Å². The van der Waals surface area contributed by atoms with Gasteiger partial charge in [0.05, 0.1) is 12.2 Å². The van der Waals surface area contributed by atoms with E-state index in [-0.39, 0.29) is 12.2 Å². The van der Waals surface area contributed by atoms with Gasteiger partial charge in [-0.05, 0) is 75.2 Å². The Labute approximate surface area is 214 Å². The zero-order chi connectivity index (χ0) is 25.4. The minimum atomic E-state index is -3.27. The van der Waals surface area contributed by atoms with Crippen LogP contribution in [-0.4, -0.2) is 12.2 Å². The Bertz CT molecular complexity index is 1120. The van der Waals surface area contributed by atoms with E-state index in [9.17, 15) is 9.13 Å². The van der Waals surface area contributed by atoms with Crippen molar-refractivity contribution < 1.29 is 18.2 Å². The van der Waals surface area contributed by atoms with Crippen LogP contribution >= 0.6 is 14.7 Å². The zero-order valence-corrected chi connectivity index (χ0v) is 22.4. The third-order valence-electron chi connectivity index (χ3n) is 6.02. The molecule has 0 radical (unpaired) electrons. The Hall–Kier alpha value is -2.74. The highest BCUT2D eigenvalue weighted by molar-refractivity contribution is 7.74. The van der Waals surface area contributed by atoms with Crippen molar-refractivity contribution in [2.75, 3.05) is 0 Å². The topological polar surface area (TPSA) is 52.6 Å². The summed E-state index contributed by atoms with van der Waals surface area (Å²) in [6.45, 7) is 3.86. The molecule has 4 aromatic carbocycles. The third-order valence-corrected chi connectivity index (χ3v) is 11.2. The van der Waals surface area contributed by atoms with Crippen molar-refractivity contribution in [2.24, 2.45) is 0 Å². The van der Waals surface area contributed by atoms with Crippen LogP contribution in [0, 0.1) is 0 Å². The highest BCUT2D eigenvalue weighted by Gasteiger charge is 2.33. The maximum absolute atomic E-state index is 14.2. The standard InChI is InChI=1S/C30H32O4P2/c1-25(33-35(31,27-15-7-3-8-16-27)28-17-9-4-10-18-28)23-24-26(2)34-36(32,29-19-11-5-12-20-29)30-21-13-6-14-22-30/h3-22,25-26H,23-24H2,1-2H3. The Morgan fingerprint density at radius 2 is 0.694 bits per heavy atom. The molecular weight excluding hydrogens is 486 g/mol. The van der Waals surface area contributed by atoms with E-state index >= 15 is 0 Å². The molecule has 0 aliphatic heterocycles. The lowest BCUT2D eigenvalue weighted by Gasteiger charge is -2.26. The van der Waals surface area contributed by atoms with Gasteiger partial charge in [-0.25, -0.2) is 0 Å². The molecule has 2 atom stereocenters. The summed E-state index contributed by atoms with van der Waals surface area (Å²) in [6, 6.07) is 37.4. The first kappa shape index (κ1) is 26.3. The molecule has 0 bridgehead atoms. The van der Waals surface area contributed by atoms with Crippen LogP contribution in [0.3, 0.4) is 0 Å². The minimum Gasteiger partial charge on any atom is -0.319 e. The van der Waals surface area contributed by atoms with E-state index < -0.39 is 14.7 Å². The van der Waals surface area contributed by atoms with Crippen LogP contribution in [0.2, 0.25) is 0 Å². The van der Waals surface area contributed by atoms with Gasteiger partial charge in [-0.2, -0.15) is 0 Å². The lowest BCUT2D eigenvalue weighted by Crippen LogP contribution is -2.24. The molecule has 186 valence electrons. The van der Waals surface area contributed by atoms with E-state index in [1.54, 1.807) is 0 Å². The summed E-state index contributed by atoms with van der Waals surface area (Å²) in [7, 11) is -6.54. The summed E-state index contributed by atoms with van der Waals surface area (Å²) in [5.74, 6) is 0. The Balaban J connectivity index is 1.48. The van der Waals surface area contributed by atoms with Gasteiger partial charge in [0.25, 0.3) is 14.7 Å². The monoisotopic (exact) mass is 518 g/mol. The minimum absolute atomic E-state index is 0.296. The van der Waals surface area contributed by atoms with Gasteiger partial charge >= 0.3 is 0 Å². The van der Waals surface area contributed by atoms with Crippen molar-refractivity contribution in [1.82, 2.24) is 0 Å². The maximum Gasteiger partial charge on any atom is 0.261 e. The van der Waals surface area contributed by atoms with Crippen molar-refractivity contribution in [3.8, 4) is 0 Å². The fourth-order valence-electron chi connectivity index (χ4n) is 4.12. The smallest absolute Gasteiger partial charge is 0.261 e. The largest absolute Gasteiger partial charge is 0.319 e. The van der Waals surface area contributed by atoms with Gasteiger partial charge in [0.15, 0.2) is 0 Å². The van der Waals surface area contributed by atoms with Crippen LogP contribution in [-0.2, 0) is 18.2 Å². The SMILES string of the molecule is CC(CCC(C)OP(=O)(c1ccccc1)c1ccccc1)OP(=O)(c1ccccc1)c1ccccc1. The Morgan fingerprint density at radius 3 is 0.917 bits per heavy atom. The molecule has 4 rings (SSSR count). The van der Waals surface area contributed by atoms with Gasteiger partial charge < -0.3 is 9.05 Å².